The Morgan fingerprint density at radius 3 is 2.88 bits per heavy atom. The molecule has 1 aromatic heterocycles. The Balaban J connectivity index is 2.32. The maximum atomic E-state index is 11.1. The third kappa shape index (κ3) is 3.95. The van der Waals surface area contributed by atoms with E-state index in [1.165, 1.54) is 16.7 Å². The van der Waals surface area contributed by atoms with Crippen molar-refractivity contribution in [3.05, 3.63) is 16.1 Å². The van der Waals surface area contributed by atoms with Gasteiger partial charge in [-0.3, -0.25) is 4.79 Å². The van der Waals surface area contributed by atoms with Gasteiger partial charge in [0.1, 0.15) is 0 Å². The molecule has 6 nitrogen and oxygen atoms in total. The van der Waals surface area contributed by atoms with Crippen molar-refractivity contribution in [3.63, 3.8) is 0 Å². The van der Waals surface area contributed by atoms with Gasteiger partial charge in [-0.1, -0.05) is 0 Å². The number of hydrogen-bond acceptors (Lipinski definition) is 5. The lowest BCUT2D eigenvalue weighted by Crippen LogP contribution is -2.33. The summed E-state index contributed by atoms with van der Waals surface area (Å²) in [5.74, 6) is -1.11. The van der Waals surface area contributed by atoms with Gasteiger partial charge in [-0.2, -0.15) is 0 Å². The lowest BCUT2D eigenvalue weighted by atomic mass is 10.4. The number of thiazole rings is 1. The van der Waals surface area contributed by atoms with Gasteiger partial charge in [0.25, 0.3) is 0 Å². The second-order valence-electron chi connectivity index (χ2n) is 3.06. The number of carboxylic acids is 1. The summed E-state index contributed by atoms with van der Waals surface area (Å²) in [4.78, 5) is 25.5. The summed E-state index contributed by atoms with van der Waals surface area (Å²) >= 11 is 1.28. The highest BCUT2D eigenvalue weighted by atomic mass is 32.1. The molecule has 0 saturated heterocycles. The van der Waals surface area contributed by atoms with Crippen LogP contribution in [0, 0.1) is 0 Å². The smallest absolute Gasteiger partial charge is 0.355 e. The van der Waals surface area contributed by atoms with E-state index in [2.05, 4.69) is 15.6 Å². The first-order chi connectivity index (χ1) is 7.63. The third-order valence-electron chi connectivity index (χ3n) is 1.77. The summed E-state index contributed by atoms with van der Waals surface area (Å²) in [5, 5.41) is 16.3. The molecule has 0 radical (unpaired) electrons. The molecular formula is C9H13N3O3S. The maximum absolute atomic E-state index is 11.1. The molecule has 0 spiro atoms. The van der Waals surface area contributed by atoms with E-state index in [0.29, 0.717) is 18.0 Å². The van der Waals surface area contributed by atoms with Crippen LogP contribution in [0.5, 0.6) is 0 Å². The van der Waals surface area contributed by atoms with Gasteiger partial charge in [0, 0.05) is 18.3 Å². The molecule has 0 aromatic carbocycles. The number of likely N-dealkylation sites (N-methyl/N-ethyl adjacent to an activating group) is 1. The molecule has 0 atom stereocenters. The Labute approximate surface area is 96.7 Å². The molecule has 16 heavy (non-hydrogen) atoms. The zero-order chi connectivity index (χ0) is 12.0. The van der Waals surface area contributed by atoms with Gasteiger partial charge in [0.2, 0.25) is 5.91 Å². The van der Waals surface area contributed by atoms with Gasteiger partial charge in [0.05, 0.1) is 11.6 Å². The molecule has 0 aliphatic carbocycles. The first-order valence-corrected chi connectivity index (χ1v) is 5.60. The maximum Gasteiger partial charge on any atom is 0.355 e. The molecule has 1 rings (SSSR count). The van der Waals surface area contributed by atoms with Crippen molar-refractivity contribution in [2.75, 3.05) is 20.1 Å². The van der Waals surface area contributed by atoms with E-state index >= 15 is 0 Å². The number of nitrogens with zero attached hydrogens (tertiary/aromatic N) is 1. The molecule has 0 bridgehead atoms. The van der Waals surface area contributed by atoms with Crippen LogP contribution in [0.2, 0.25) is 0 Å². The molecule has 1 amide bonds. The van der Waals surface area contributed by atoms with Crippen molar-refractivity contribution in [1.29, 1.82) is 0 Å². The molecule has 3 N–H and O–H groups in total. The van der Waals surface area contributed by atoms with Crippen LogP contribution in [0.25, 0.3) is 0 Å². The SMILES string of the molecule is CNCC(=O)NCCc1nc(C(=O)O)cs1. The van der Waals surface area contributed by atoms with E-state index < -0.39 is 5.97 Å². The van der Waals surface area contributed by atoms with Crippen LogP contribution < -0.4 is 10.6 Å². The van der Waals surface area contributed by atoms with Crippen LogP contribution in [0.3, 0.4) is 0 Å². The summed E-state index contributed by atoms with van der Waals surface area (Å²) in [6.45, 7) is 0.741. The first kappa shape index (κ1) is 12.6. The van der Waals surface area contributed by atoms with Gasteiger partial charge in [-0.25, -0.2) is 9.78 Å². The molecule has 0 fully saturated rings. The summed E-state index contributed by atoms with van der Waals surface area (Å²) < 4.78 is 0. The van der Waals surface area contributed by atoms with Crippen LogP contribution in [0.4, 0.5) is 0 Å². The Kier molecular flexibility index (Phi) is 4.87. The number of nitrogens with one attached hydrogen (secondary N) is 2. The Morgan fingerprint density at radius 2 is 2.31 bits per heavy atom. The van der Waals surface area contributed by atoms with Crippen molar-refractivity contribution in [2.24, 2.45) is 0 Å². The fraction of sp³-hybridized carbons (Fsp3) is 0.444. The quantitative estimate of drug-likeness (QED) is 0.639. The minimum Gasteiger partial charge on any atom is -0.476 e. The van der Waals surface area contributed by atoms with Gasteiger partial charge in [-0.15, -0.1) is 11.3 Å². The van der Waals surface area contributed by atoms with Gasteiger partial charge in [-0.05, 0) is 7.05 Å². The molecule has 0 aliphatic rings. The van der Waals surface area contributed by atoms with Crippen molar-refractivity contribution in [1.82, 2.24) is 15.6 Å². The lowest BCUT2D eigenvalue weighted by Gasteiger charge is -2.02. The zero-order valence-corrected chi connectivity index (χ0v) is 9.63. The molecule has 88 valence electrons. The topological polar surface area (TPSA) is 91.3 Å². The second-order valence-corrected chi connectivity index (χ2v) is 4.00. The highest BCUT2D eigenvalue weighted by Crippen LogP contribution is 2.09. The molecule has 1 heterocycles. The Hall–Kier alpha value is -1.47. The van der Waals surface area contributed by atoms with Crippen molar-refractivity contribution < 1.29 is 14.7 Å². The number of rotatable bonds is 6. The molecule has 0 saturated carbocycles. The van der Waals surface area contributed by atoms with E-state index in [9.17, 15) is 9.59 Å². The molecular weight excluding hydrogens is 230 g/mol. The predicted octanol–water partition coefficient (Wildman–Crippen LogP) is -0.281. The van der Waals surface area contributed by atoms with E-state index in [4.69, 9.17) is 5.11 Å². The van der Waals surface area contributed by atoms with E-state index in [-0.39, 0.29) is 18.1 Å². The van der Waals surface area contributed by atoms with Crippen LogP contribution >= 0.6 is 11.3 Å². The number of carboxylic acid groups (broad SMARTS) is 1. The van der Waals surface area contributed by atoms with E-state index in [1.54, 1.807) is 7.05 Å². The van der Waals surface area contributed by atoms with Crippen LogP contribution in [0.15, 0.2) is 5.38 Å². The van der Waals surface area contributed by atoms with Crippen molar-refractivity contribution >= 4 is 23.2 Å². The number of amides is 1. The minimum atomic E-state index is -1.03. The van der Waals surface area contributed by atoms with Crippen LogP contribution in [-0.2, 0) is 11.2 Å². The normalized spacial score (nSPS) is 10.1. The van der Waals surface area contributed by atoms with E-state index in [0.717, 1.165) is 0 Å². The Bertz CT molecular complexity index is 378. The number of carbonyl (C=O) groups excluding carboxylic acids is 1. The lowest BCUT2D eigenvalue weighted by molar-refractivity contribution is -0.120. The second kappa shape index (κ2) is 6.19. The fourth-order valence-corrected chi connectivity index (χ4v) is 1.83. The summed E-state index contributed by atoms with van der Waals surface area (Å²) in [6, 6.07) is 0. The molecule has 7 heteroatoms. The predicted molar refractivity (Wildman–Crippen MR) is 59.7 cm³/mol. The monoisotopic (exact) mass is 243 g/mol. The van der Waals surface area contributed by atoms with Crippen LogP contribution in [-0.4, -0.2) is 42.1 Å². The largest absolute Gasteiger partial charge is 0.476 e. The summed E-state index contributed by atoms with van der Waals surface area (Å²) in [6.07, 6.45) is 0.549. The van der Waals surface area contributed by atoms with Crippen molar-refractivity contribution in [2.45, 2.75) is 6.42 Å². The fourth-order valence-electron chi connectivity index (χ4n) is 1.06. The standard InChI is InChI=1S/C9H13N3O3S/c1-10-4-7(13)11-3-2-8-12-6(5-16-8)9(14)15/h5,10H,2-4H2,1H3,(H,11,13)(H,14,15). The zero-order valence-electron chi connectivity index (χ0n) is 8.82. The van der Waals surface area contributed by atoms with Gasteiger partial charge >= 0.3 is 5.97 Å². The van der Waals surface area contributed by atoms with Gasteiger partial charge in [0.15, 0.2) is 5.69 Å². The minimum absolute atomic E-state index is 0.0570. The third-order valence-corrected chi connectivity index (χ3v) is 2.68. The summed E-state index contributed by atoms with van der Waals surface area (Å²) in [7, 11) is 1.69. The molecule has 0 aliphatic heterocycles. The highest BCUT2D eigenvalue weighted by Gasteiger charge is 2.08. The summed E-state index contributed by atoms with van der Waals surface area (Å²) in [5.41, 5.74) is 0.0570. The first-order valence-electron chi connectivity index (χ1n) is 4.72. The number of carbonyl (C=O) groups is 2. The Morgan fingerprint density at radius 1 is 1.56 bits per heavy atom. The average molecular weight is 243 g/mol. The van der Waals surface area contributed by atoms with E-state index in [1.807, 2.05) is 0 Å². The number of aromatic nitrogens is 1. The number of hydrogen-bond donors (Lipinski definition) is 3. The van der Waals surface area contributed by atoms with Gasteiger partial charge < -0.3 is 15.7 Å². The molecule has 1 aromatic rings. The highest BCUT2D eigenvalue weighted by molar-refractivity contribution is 7.09. The number of aromatic carboxylic acids is 1. The van der Waals surface area contributed by atoms with Crippen LogP contribution in [0.1, 0.15) is 15.5 Å². The average Bonchev–Trinajstić information content (AvgIpc) is 2.67. The van der Waals surface area contributed by atoms with Crippen molar-refractivity contribution in [3.8, 4) is 0 Å². The molecule has 0 unspecified atom stereocenters.